The smallest absolute Gasteiger partial charge is 0.248 e. The third-order valence-electron chi connectivity index (χ3n) is 7.02. The molecule has 174 valence electrons. The maximum absolute atomic E-state index is 13.3. The van der Waals surface area contributed by atoms with Gasteiger partial charge in [0.1, 0.15) is 18.2 Å². The lowest BCUT2D eigenvalue weighted by atomic mass is 9.84. The number of sulfonamides is 1. The second kappa shape index (κ2) is 8.44. The van der Waals surface area contributed by atoms with E-state index in [0.29, 0.717) is 11.6 Å². The summed E-state index contributed by atoms with van der Waals surface area (Å²) in [6.45, 7) is 0.226. The number of para-hydroxylation sites is 2. The van der Waals surface area contributed by atoms with Gasteiger partial charge < -0.3 is 9.72 Å². The van der Waals surface area contributed by atoms with E-state index in [4.69, 9.17) is 9.94 Å². The molecule has 2 bridgehead atoms. The largest absolute Gasteiger partial charge is 0.486 e. The fraction of sp³-hybridized carbons (Fsp3) is 0.391. The lowest BCUT2D eigenvalue weighted by Crippen LogP contribution is -2.50. The van der Waals surface area contributed by atoms with Crippen molar-refractivity contribution in [1.29, 1.82) is 0 Å². The standard InChI is InChI=1S/C23H26N4O5S/c1-27(22-15-7-6-14(12-15)21(22)23(28)26-29)33(30,31)17-10-8-16(9-11-17)32-13-20-24-18-4-2-3-5-19(18)25-20/h2-5,8-11,14-15,21-22,29H,6-7,12-13H2,1H3,(H,24,25)(H,26,28)/t14-,15+,21+,22-/m1/s1. The lowest BCUT2D eigenvalue weighted by Gasteiger charge is -2.35. The Hall–Kier alpha value is -2.95. The molecule has 5 rings (SSSR count). The first kappa shape index (κ1) is 21.9. The van der Waals surface area contributed by atoms with Gasteiger partial charge in [-0.15, -0.1) is 0 Å². The van der Waals surface area contributed by atoms with Crippen molar-refractivity contribution < 1.29 is 23.2 Å². The van der Waals surface area contributed by atoms with E-state index in [1.807, 2.05) is 24.3 Å². The van der Waals surface area contributed by atoms with Crippen LogP contribution in [0.25, 0.3) is 11.0 Å². The number of rotatable bonds is 7. The molecule has 9 nitrogen and oxygen atoms in total. The van der Waals surface area contributed by atoms with Gasteiger partial charge in [0.15, 0.2) is 0 Å². The van der Waals surface area contributed by atoms with Crippen molar-refractivity contribution in [3.8, 4) is 5.75 Å². The number of benzene rings is 2. The number of fused-ring (bicyclic) bond motifs is 3. The minimum atomic E-state index is -3.82. The molecule has 0 aliphatic heterocycles. The predicted octanol–water partition coefficient (Wildman–Crippen LogP) is 2.68. The number of aromatic amines is 1. The molecule has 3 N–H and O–H groups in total. The average Bonchev–Trinajstić information content (AvgIpc) is 3.56. The average molecular weight is 471 g/mol. The van der Waals surface area contributed by atoms with Crippen LogP contribution in [0.2, 0.25) is 0 Å². The number of imidazole rings is 1. The third-order valence-corrected chi connectivity index (χ3v) is 8.89. The first-order chi connectivity index (χ1) is 15.9. The molecule has 2 aromatic carbocycles. The molecule has 1 heterocycles. The number of nitrogens with one attached hydrogen (secondary N) is 2. The minimum absolute atomic E-state index is 0.0961. The lowest BCUT2D eigenvalue weighted by molar-refractivity contribution is -0.136. The highest BCUT2D eigenvalue weighted by Crippen LogP contribution is 2.51. The number of hydroxylamine groups is 1. The molecule has 2 aliphatic rings. The number of H-pyrrole nitrogens is 1. The molecular formula is C23H26N4O5S. The van der Waals surface area contributed by atoms with Gasteiger partial charge in [-0.2, -0.15) is 4.31 Å². The summed E-state index contributed by atoms with van der Waals surface area (Å²) in [6.07, 6.45) is 2.57. The molecule has 10 heteroatoms. The molecule has 2 saturated carbocycles. The van der Waals surface area contributed by atoms with Gasteiger partial charge in [0.05, 0.1) is 21.8 Å². The molecule has 33 heavy (non-hydrogen) atoms. The molecule has 0 spiro atoms. The van der Waals surface area contributed by atoms with E-state index in [1.54, 1.807) is 17.6 Å². The van der Waals surface area contributed by atoms with Crippen LogP contribution in [0.15, 0.2) is 53.4 Å². The molecule has 0 radical (unpaired) electrons. The molecule has 1 aromatic heterocycles. The summed E-state index contributed by atoms with van der Waals surface area (Å²) in [5.41, 5.74) is 3.51. The van der Waals surface area contributed by atoms with E-state index in [9.17, 15) is 13.2 Å². The Bertz CT molecular complexity index is 1240. The highest BCUT2D eigenvalue weighted by Gasteiger charge is 2.54. The van der Waals surface area contributed by atoms with Gasteiger partial charge in [0.25, 0.3) is 0 Å². The zero-order valence-corrected chi connectivity index (χ0v) is 19.0. The van der Waals surface area contributed by atoms with Gasteiger partial charge in [-0.3, -0.25) is 10.0 Å². The first-order valence-corrected chi connectivity index (χ1v) is 12.4. The summed E-state index contributed by atoms with van der Waals surface area (Å²) < 4.78 is 33.7. The number of hydrogen-bond acceptors (Lipinski definition) is 6. The number of carbonyl (C=O) groups is 1. The van der Waals surface area contributed by atoms with Crippen molar-refractivity contribution in [2.45, 2.75) is 36.8 Å². The molecular weight excluding hydrogens is 444 g/mol. The summed E-state index contributed by atoms with van der Waals surface area (Å²) in [6, 6.07) is 13.5. The molecule has 2 fully saturated rings. The highest BCUT2D eigenvalue weighted by molar-refractivity contribution is 7.89. The molecule has 0 unspecified atom stereocenters. The van der Waals surface area contributed by atoms with E-state index < -0.39 is 27.9 Å². The van der Waals surface area contributed by atoms with Gasteiger partial charge in [-0.25, -0.2) is 18.9 Å². The Kier molecular flexibility index (Phi) is 5.59. The van der Waals surface area contributed by atoms with Crippen molar-refractivity contribution in [2.75, 3.05) is 7.05 Å². The van der Waals surface area contributed by atoms with Crippen molar-refractivity contribution in [3.05, 3.63) is 54.4 Å². The number of carbonyl (C=O) groups excluding carboxylic acids is 1. The van der Waals surface area contributed by atoms with Crippen LogP contribution in [0.4, 0.5) is 0 Å². The molecule has 0 saturated heterocycles. The number of ether oxygens (including phenoxy) is 1. The fourth-order valence-corrected chi connectivity index (χ4v) is 6.92. The highest BCUT2D eigenvalue weighted by atomic mass is 32.2. The third kappa shape index (κ3) is 3.88. The minimum Gasteiger partial charge on any atom is -0.486 e. The summed E-state index contributed by atoms with van der Waals surface area (Å²) in [5.74, 6) is 0.359. The Balaban J connectivity index is 1.30. The maximum atomic E-state index is 13.3. The van der Waals surface area contributed by atoms with E-state index in [0.717, 1.165) is 30.3 Å². The van der Waals surface area contributed by atoms with Gasteiger partial charge >= 0.3 is 0 Å². The molecule has 4 atom stereocenters. The van der Waals surface area contributed by atoms with Crippen LogP contribution in [-0.2, 0) is 21.4 Å². The Morgan fingerprint density at radius 1 is 1.18 bits per heavy atom. The summed E-state index contributed by atoms with van der Waals surface area (Å²) in [4.78, 5) is 20.1. The fourth-order valence-electron chi connectivity index (χ4n) is 5.49. The first-order valence-electron chi connectivity index (χ1n) is 11.0. The monoisotopic (exact) mass is 470 g/mol. The Morgan fingerprint density at radius 3 is 2.64 bits per heavy atom. The normalized spacial score (nSPS) is 24.5. The molecule has 2 aliphatic carbocycles. The van der Waals surface area contributed by atoms with Crippen LogP contribution in [0.1, 0.15) is 25.1 Å². The van der Waals surface area contributed by atoms with Crippen LogP contribution >= 0.6 is 0 Å². The van der Waals surface area contributed by atoms with E-state index in [-0.39, 0.29) is 23.3 Å². The molecule has 3 aromatic rings. The van der Waals surface area contributed by atoms with Crippen LogP contribution in [-0.4, -0.2) is 46.9 Å². The quantitative estimate of drug-likeness (QED) is 0.360. The van der Waals surface area contributed by atoms with Crippen LogP contribution < -0.4 is 10.2 Å². The number of aromatic nitrogens is 2. The van der Waals surface area contributed by atoms with Crippen molar-refractivity contribution in [3.63, 3.8) is 0 Å². The van der Waals surface area contributed by atoms with Gasteiger partial charge in [0, 0.05) is 13.1 Å². The summed E-state index contributed by atoms with van der Waals surface area (Å²) in [5, 5.41) is 9.16. The predicted molar refractivity (Wildman–Crippen MR) is 120 cm³/mol. The Morgan fingerprint density at radius 2 is 1.91 bits per heavy atom. The van der Waals surface area contributed by atoms with Crippen LogP contribution in [0, 0.1) is 17.8 Å². The number of nitrogens with zero attached hydrogens (tertiary/aromatic N) is 2. The van der Waals surface area contributed by atoms with Gasteiger partial charge in [-0.1, -0.05) is 12.1 Å². The summed E-state index contributed by atoms with van der Waals surface area (Å²) in [7, 11) is -2.30. The van der Waals surface area contributed by atoms with Crippen LogP contribution in [0.5, 0.6) is 5.75 Å². The SMILES string of the molecule is CN([C@@H]1[C@H]2CC[C@H](C2)[C@@H]1C(=O)NO)S(=O)(=O)c1ccc(OCc2nc3ccccc3[nH]2)cc1. The number of amides is 1. The second-order valence-corrected chi connectivity index (χ2v) is 10.8. The zero-order valence-electron chi connectivity index (χ0n) is 18.1. The van der Waals surface area contributed by atoms with E-state index in [1.165, 1.54) is 23.5 Å². The van der Waals surface area contributed by atoms with Crippen molar-refractivity contribution in [2.24, 2.45) is 17.8 Å². The van der Waals surface area contributed by atoms with E-state index in [2.05, 4.69) is 9.97 Å². The Labute approximate surface area is 191 Å². The second-order valence-electron chi connectivity index (χ2n) is 8.81. The number of hydrogen-bond donors (Lipinski definition) is 3. The van der Waals surface area contributed by atoms with Crippen molar-refractivity contribution >= 4 is 27.0 Å². The zero-order chi connectivity index (χ0) is 23.2. The maximum Gasteiger partial charge on any atom is 0.248 e. The van der Waals surface area contributed by atoms with Crippen molar-refractivity contribution in [1.82, 2.24) is 19.8 Å². The van der Waals surface area contributed by atoms with Crippen LogP contribution in [0.3, 0.4) is 0 Å². The summed E-state index contributed by atoms with van der Waals surface area (Å²) >= 11 is 0. The topological polar surface area (TPSA) is 125 Å². The van der Waals surface area contributed by atoms with Gasteiger partial charge in [0.2, 0.25) is 15.9 Å². The van der Waals surface area contributed by atoms with E-state index >= 15 is 0 Å². The van der Waals surface area contributed by atoms with Gasteiger partial charge in [-0.05, 0) is 67.5 Å². The molecule has 1 amide bonds.